The molecule has 2 saturated heterocycles. The number of benzene rings is 1. The van der Waals surface area contributed by atoms with E-state index in [4.69, 9.17) is 14.5 Å². The first kappa shape index (κ1) is 26.9. The first-order valence-corrected chi connectivity index (χ1v) is 13.9. The summed E-state index contributed by atoms with van der Waals surface area (Å²) in [4.78, 5) is 31.5. The molecule has 0 unspecified atom stereocenters. The van der Waals surface area contributed by atoms with Crippen LogP contribution in [0.25, 0.3) is 10.9 Å². The van der Waals surface area contributed by atoms with Crippen LogP contribution in [0.4, 0.5) is 0 Å². The second-order valence-corrected chi connectivity index (χ2v) is 13.8. The van der Waals surface area contributed by atoms with Gasteiger partial charge in [0.25, 0.3) is 5.56 Å². The standard InChI is InChI=1S/C27H39N3O5S/c1-16(2)35-24(32)26-9-11-27(12-10-26,34-15-26)23-28-21-19(18(4)29-36(33)25(5,6)7)13-17(3)14-20(21)22(31)30(23)8/h13-14,16,18,29H,9-12,15H2,1-8H3/t18-,26?,27?,36-/m1/s1. The molecular formula is C27H39N3O5S. The molecule has 0 spiro atoms. The highest BCUT2D eigenvalue weighted by Crippen LogP contribution is 2.53. The van der Waals surface area contributed by atoms with Crippen molar-refractivity contribution in [3.05, 3.63) is 39.4 Å². The van der Waals surface area contributed by atoms with Crippen molar-refractivity contribution in [2.45, 2.75) is 96.6 Å². The van der Waals surface area contributed by atoms with Gasteiger partial charge < -0.3 is 9.47 Å². The highest BCUT2D eigenvalue weighted by Gasteiger charge is 2.56. The van der Waals surface area contributed by atoms with Gasteiger partial charge >= 0.3 is 5.97 Å². The highest BCUT2D eigenvalue weighted by molar-refractivity contribution is 7.84. The van der Waals surface area contributed by atoms with Crippen LogP contribution < -0.4 is 10.3 Å². The molecule has 1 aromatic heterocycles. The van der Waals surface area contributed by atoms with Crippen LogP contribution in [0, 0.1) is 12.3 Å². The number of ether oxygens (including phenoxy) is 2. The summed E-state index contributed by atoms with van der Waals surface area (Å²) >= 11 is 0. The SMILES string of the molecule is Cc1cc([C@@H](C)N[S@](=O)C(C)(C)C)c2nc(C34CCC(C(=O)OC(C)C)(CC3)CO4)n(C)c(=O)c2c1. The number of fused-ring (bicyclic) bond motifs is 4. The molecule has 3 heterocycles. The molecule has 1 aliphatic carbocycles. The smallest absolute Gasteiger partial charge is 0.314 e. The molecule has 2 atom stereocenters. The number of nitrogens with zero attached hydrogens (tertiary/aromatic N) is 2. The lowest BCUT2D eigenvalue weighted by Crippen LogP contribution is -2.55. The Hall–Kier alpha value is -2.10. The van der Waals surface area contributed by atoms with E-state index in [2.05, 4.69) is 4.72 Å². The molecule has 1 N–H and O–H groups in total. The molecule has 5 rings (SSSR count). The highest BCUT2D eigenvalue weighted by atomic mass is 32.2. The first-order chi connectivity index (χ1) is 16.7. The Labute approximate surface area is 215 Å². The normalized spacial score (nSPS) is 25.8. The fourth-order valence-corrected chi connectivity index (χ4v) is 6.08. The Kier molecular flexibility index (Phi) is 6.98. The lowest BCUT2D eigenvalue weighted by Gasteiger charge is -2.51. The zero-order valence-electron chi connectivity index (χ0n) is 22.7. The van der Waals surface area contributed by atoms with Gasteiger partial charge in [-0.1, -0.05) is 6.07 Å². The molecule has 8 nitrogen and oxygen atoms in total. The summed E-state index contributed by atoms with van der Waals surface area (Å²) in [7, 11) is 0.456. The van der Waals surface area contributed by atoms with Gasteiger partial charge in [-0.3, -0.25) is 14.2 Å². The maximum absolute atomic E-state index is 13.6. The zero-order chi connectivity index (χ0) is 26.6. The minimum Gasteiger partial charge on any atom is -0.462 e. The van der Waals surface area contributed by atoms with E-state index < -0.39 is 26.7 Å². The molecule has 9 heteroatoms. The number of hydrogen-bond donors (Lipinski definition) is 1. The fourth-order valence-electron chi connectivity index (χ4n) is 5.28. The van der Waals surface area contributed by atoms with E-state index >= 15 is 0 Å². The number of esters is 1. The van der Waals surface area contributed by atoms with Gasteiger partial charge in [-0.05, 0) is 91.3 Å². The molecule has 0 amide bonds. The molecule has 0 radical (unpaired) electrons. The quantitative estimate of drug-likeness (QED) is 0.580. The third-order valence-corrected chi connectivity index (χ3v) is 9.16. The summed E-state index contributed by atoms with van der Waals surface area (Å²) in [6, 6.07) is 3.58. The second-order valence-electron chi connectivity index (χ2n) is 11.8. The van der Waals surface area contributed by atoms with Crippen molar-refractivity contribution >= 4 is 27.9 Å². The summed E-state index contributed by atoms with van der Waals surface area (Å²) in [5.41, 5.74) is 0.888. The Morgan fingerprint density at radius 1 is 1.19 bits per heavy atom. The molecule has 2 aromatic rings. The molecular weight excluding hydrogens is 478 g/mol. The number of carbonyl (C=O) groups is 1. The van der Waals surface area contributed by atoms with Crippen molar-refractivity contribution in [1.82, 2.24) is 14.3 Å². The fraction of sp³-hybridized carbons (Fsp3) is 0.667. The number of aryl methyl sites for hydroxylation is 1. The Bertz CT molecular complexity index is 1250. The molecule has 3 aliphatic rings. The molecule has 198 valence electrons. The van der Waals surface area contributed by atoms with Crippen molar-refractivity contribution < 1.29 is 18.5 Å². The van der Waals surface area contributed by atoms with E-state index in [0.717, 1.165) is 11.1 Å². The van der Waals surface area contributed by atoms with Crippen molar-refractivity contribution in [1.29, 1.82) is 0 Å². The largest absolute Gasteiger partial charge is 0.462 e. The number of hydrogen-bond acceptors (Lipinski definition) is 6. The third-order valence-electron chi connectivity index (χ3n) is 7.48. The average molecular weight is 518 g/mol. The first-order valence-electron chi connectivity index (χ1n) is 12.7. The molecule has 3 fully saturated rings. The summed E-state index contributed by atoms with van der Waals surface area (Å²) < 4.78 is 29.1. The van der Waals surface area contributed by atoms with E-state index in [0.29, 0.717) is 42.4 Å². The molecule has 1 aromatic carbocycles. The van der Waals surface area contributed by atoms with Crippen molar-refractivity contribution in [3.8, 4) is 0 Å². The van der Waals surface area contributed by atoms with E-state index in [1.54, 1.807) is 11.6 Å². The van der Waals surface area contributed by atoms with E-state index in [9.17, 15) is 13.8 Å². The summed E-state index contributed by atoms with van der Waals surface area (Å²) in [5, 5.41) is 0.532. The van der Waals surface area contributed by atoms with Crippen molar-refractivity contribution in [2.75, 3.05) is 6.61 Å². The maximum Gasteiger partial charge on any atom is 0.314 e. The number of aromatic nitrogens is 2. The van der Waals surface area contributed by atoms with Gasteiger partial charge in [0.05, 0.1) is 44.8 Å². The molecule has 2 bridgehead atoms. The van der Waals surface area contributed by atoms with Crippen LogP contribution >= 0.6 is 0 Å². The Morgan fingerprint density at radius 2 is 1.83 bits per heavy atom. The molecule has 1 saturated carbocycles. The summed E-state index contributed by atoms with van der Waals surface area (Å²) in [5.74, 6) is 0.385. The minimum absolute atomic E-state index is 0.135. The summed E-state index contributed by atoms with van der Waals surface area (Å²) in [6.07, 6.45) is 2.28. The van der Waals surface area contributed by atoms with Crippen molar-refractivity contribution in [2.24, 2.45) is 12.5 Å². The molecule has 2 aliphatic heterocycles. The summed E-state index contributed by atoms with van der Waals surface area (Å²) in [6.45, 7) is 13.6. The van der Waals surface area contributed by atoms with Gasteiger partial charge in [-0.15, -0.1) is 0 Å². The minimum atomic E-state index is -1.28. The Balaban J connectivity index is 1.76. The van der Waals surface area contributed by atoms with Gasteiger partial charge in [-0.2, -0.15) is 0 Å². The lowest BCUT2D eigenvalue weighted by atomic mass is 9.65. The average Bonchev–Trinajstić information content (AvgIpc) is 2.81. The van der Waals surface area contributed by atoms with Crippen LogP contribution in [0.1, 0.15) is 90.2 Å². The topological polar surface area (TPSA) is 99.5 Å². The van der Waals surface area contributed by atoms with E-state index in [1.807, 2.05) is 60.6 Å². The van der Waals surface area contributed by atoms with Crippen LogP contribution in [0.3, 0.4) is 0 Å². The predicted octanol–water partition coefficient (Wildman–Crippen LogP) is 4.09. The second kappa shape index (κ2) is 9.33. The number of rotatable bonds is 6. The van der Waals surface area contributed by atoms with Crippen LogP contribution in [0.15, 0.2) is 16.9 Å². The maximum atomic E-state index is 13.6. The van der Waals surface area contributed by atoms with E-state index in [-0.39, 0.29) is 30.3 Å². The lowest BCUT2D eigenvalue weighted by molar-refractivity contribution is -0.214. The van der Waals surface area contributed by atoms with Crippen LogP contribution in [-0.2, 0) is 37.9 Å². The molecule has 36 heavy (non-hydrogen) atoms. The predicted molar refractivity (Wildman–Crippen MR) is 141 cm³/mol. The van der Waals surface area contributed by atoms with Crippen LogP contribution in [0.2, 0.25) is 0 Å². The monoisotopic (exact) mass is 517 g/mol. The van der Waals surface area contributed by atoms with Gasteiger partial charge in [0.1, 0.15) is 11.4 Å². The van der Waals surface area contributed by atoms with Gasteiger partial charge in [-0.25, -0.2) is 13.9 Å². The zero-order valence-corrected chi connectivity index (χ0v) is 23.5. The van der Waals surface area contributed by atoms with Crippen molar-refractivity contribution in [3.63, 3.8) is 0 Å². The Morgan fingerprint density at radius 3 is 2.36 bits per heavy atom. The van der Waals surface area contributed by atoms with E-state index in [1.165, 1.54) is 0 Å². The number of nitrogens with one attached hydrogen (secondary N) is 1. The van der Waals surface area contributed by atoms with Gasteiger partial charge in [0, 0.05) is 13.1 Å². The number of carbonyl (C=O) groups excluding carboxylic acids is 1. The van der Waals surface area contributed by atoms with Gasteiger partial charge in [0.2, 0.25) is 0 Å². The third kappa shape index (κ3) is 4.65. The van der Waals surface area contributed by atoms with Crippen LogP contribution in [0.5, 0.6) is 0 Å². The van der Waals surface area contributed by atoms with Gasteiger partial charge in [0.15, 0.2) is 0 Å². The van der Waals surface area contributed by atoms with Crippen LogP contribution in [-0.4, -0.2) is 37.2 Å².